The molecule has 0 radical (unpaired) electrons. The van der Waals surface area contributed by atoms with Gasteiger partial charge in [0.05, 0.1) is 0 Å². The number of rotatable bonds is 0. The van der Waals surface area contributed by atoms with Crippen LogP contribution >= 0.6 is 0 Å². The van der Waals surface area contributed by atoms with Crippen molar-refractivity contribution in [2.24, 2.45) is 5.84 Å². The van der Waals surface area contributed by atoms with Crippen LogP contribution in [0.3, 0.4) is 0 Å². The maximum Gasteiger partial charge on any atom is 0.129 e. The van der Waals surface area contributed by atoms with Crippen LogP contribution in [0.25, 0.3) is 0 Å². The molecule has 2 aliphatic heterocycles. The lowest BCUT2D eigenvalue weighted by atomic mass is 9.36. The molecule has 2 fully saturated rings. The van der Waals surface area contributed by atoms with Gasteiger partial charge in [-0.1, -0.05) is 19.2 Å². The van der Waals surface area contributed by atoms with Crippen molar-refractivity contribution in [2.75, 3.05) is 13.1 Å². The van der Waals surface area contributed by atoms with Crippen molar-refractivity contribution in [3.05, 3.63) is 0 Å². The van der Waals surface area contributed by atoms with E-state index in [1.54, 1.807) is 0 Å². The Morgan fingerprint density at radius 2 is 2.20 bits per heavy atom. The van der Waals surface area contributed by atoms with E-state index in [-0.39, 0.29) is 0 Å². The minimum atomic E-state index is 0.674. The lowest BCUT2D eigenvalue weighted by molar-refractivity contribution is 0.173. The summed E-state index contributed by atoms with van der Waals surface area (Å²) in [6.45, 7) is 2.27. The van der Waals surface area contributed by atoms with Crippen LogP contribution in [0.4, 0.5) is 0 Å². The van der Waals surface area contributed by atoms with Gasteiger partial charge in [-0.25, -0.2) is 5.01 Å². The Balaban J connectivity index is 1.96. The second-order valence-corrected chi connectivity index (χ2v) is 3.93. The van der Waals surface area contributed by atoms with Gasteiger partial charge >= 0.3 is 0 Å². The summed E-state index contributed by atoms with van der Waals surface area (Å²) in [5.74, 6) is 5.75. The Kier molecular flexibility index (Phi) is 1.50. The van der Waals surface area contributed by atoms with Crippen molar-refractivity contribution in [2.45, 2.75) is 30.9 Å². The Morgan fingerprint density at radius 3 is 2.60 bits per heavy atom. The van der Waals surface area contributed by atoms with E-state index < -0.39 is 0 Å². The first kappa shape index (κ1) is 6.68. The van der Waals surface area contributed by atoms with E-state index in [1.807, 2.05) is 5.01 Å². The molecule has 2 aliphatic rings. The second-order valence-electron chi connectivity index (χ2n) is 3.93. The summed E-state index contributed by atoms with van der Waals surface area (Å²) in [6, 6.07) is 0. The maximum absolute atomic E-state index is 5.75. The average molecular weight is 138 g/mol. The highest BCUT2D eigenvalue weighted by atomic mass is 15.4. The molecular formula is C7H15BN2. The van der Waals surface area contributed by atoms with Crippen molar-refractivity contribution >= 4 is 7.28 Å². The summed E-state index contributed by atoms with van der Waals surface area (Å²) in [4.78, 5) is 0. The number of nitrogens with two attached hydrogens (primary N) is 1. The summed E-state index contributed by atoms with van der Waals surface area (Å²) >= 11 is 0. The number of hydrogen-bond donors (Lipinski definition) is 1. The van der Waals surface area contributed by atoms with Crippen LogP contribution in [0, 0.1) is 0 Å². The molecule has 1 unspecified atom stereocenters. The zero-order valence-electron chi connectivity index (χ0n) is 6.47. The Labute approximate surface area is 63.0 Å². The van der Waals surface area contributed by atoms with Gasteiger partial charge in [0, 0.05) is 13.1 Å². The van der Waals surface area contributed by atoms with E-state index in [2.05, 4.69) is 0 Å². The summed E-state index contributed by atoms with van der Waals surface area (Å²) in [5, 5.41) is 2.68. The third-order valence-electron chi connectivity index (χ3n) is 3.11. The van der Waals surface area contributed by atoms with E-state index in [4.69, 9.17) is 5.84 Å². The van der Waals surface area contributed by atoms with Crippen molar-refractivity contribution < 1.29 is 0 Å². The van der Waals surface area contributed by atoms with Crippen molar-refractivity contribution in [3.63, 3.8) is 0 Å². The van der Waals surface area contributed by atoms with Crippen molar-refractivity contribution in [1.82, 2.24) is 5.01 Å². The van der Waals surface area contributed by atoms with Crippen LogP contribution in [0.1, 0.15) is 19.3 Å². The van der Waals surface area contributed by atoms with Gasteiger partial charge in [0.1, 0.15) is 7.28 Å². The van der Waals surface area contributed by atoms with Gasteiger partial charge in [0.2, 0.25) is 0 Å². The molecule has 0 aromatic rings. The summed E-state index contributed by atoms with van der Waals surface area (Å²) in [5.41, 5.74) is 0. The molecule has 2 heterocycles. The molecule has 0 saturated carbocycles. The quantitative estimate of drug-likeness (QED) is 0.387. The fourth-order valence-corrected chi connectivity index (χ4v) is 2.33. The third kappa shape index (κ3) is 0.975. The van der Waals surface area contributed by atoms with Crippen LogP contribution in [-0.4, -0.2) is 25.4 Å². The molecule has 56 valence electrons. The van der Waals surface area contributed by atoms with Crippen LogP contribution in [-0.2, 0) is 0 Å². The highest BCUT2D eigenvalue weighted by molar-refractivity contribution is 6.44. The zero-order chi connectivity index (χ0) is 7.03. The number of hydrazine groups is 1. The SMILES string of the molecule is NN1CCCC2(BCC2)C1. The first-order chi connectivity index (χ1) is 4.81. The van der Waals surface area contributed by atoms with E-state index in [0.29, 0.717) is 5.31 Å². The first-order valence-corrected chi connectivity index (χ1v) is 4.30. The lowest BCUT2D eigenvalue weighted by Crippen LogP contribution is -2.49. The smallest absolute Gasteiger partial charge is 0.129 e. The molecule has 10 heavy (non-hydrogen) atoms. The van der Waals surface area contributed by atoms with Crippen molar-refractivity contribution in [1.29, 1.82) is 0 Å². The normalized spacial score (nSPS) is 40.9. The largest absolute Gasteiger partial charge is 0.269 e. The predicted octanol–water partition coefficient (Wildman–Crippen LogP) is 0.373. The molecule has 0 aromatic heterocycles. The summed E-state index contributed by atoms with van der Waals surface area (Å²) in [7, 11) is 1.43. The van der Waals surface area contributed by atoms with Gasteiger partial charge in [-0.15, -0.1) is 0 Å². The fraction of sp³-hybridized carbons (Fsp3) is 1.00. The molecule has 2 rings (SSSR count). The third-order valence-corrected chi connectivity index (χ3v) is 3.11. The van der Waals surface area contributed by atoms with Crippen molar-refractivity contribution in [3.8, 4) is 0 Å². The summed E-state index contributed by atoms with van der Waals surface area (Å²) < 4.78 is 0. The van der Waals surface area contributed by atoms with Gasteiger partial charge in [-0.3, -0.25) is 5.84 Å². The number of nitrogens with zero attached hydrogens (tertiary/aromatic N) is 1. The molecule has 0 aliphatic carbocycles. The van der Waals surface area contributed by atoms with Crippen LogP contribution in [0.2, 0.25) is 11.6 Å². The molecular weight excluding hydrogens is 123 g/mol. The van der Waals surface area contributed by atoms with E-state index >= 15 is 0 Å². The first-order valence-electron chi connectivity index (χ1n) is 4.30. The van der Waals surface area contributed by atoms with Crippen LogP contribution in [0.15, 0.2) is 0 Å². The molecule has 2 nitrogen and oxygen atoms in total. The van der Waals surface area contributed by atoms with E-state index in [0.717, 1.165) is 13.1 Å². The minimum Gasteiger partial charge on any atom is -0.269 e. The molecule has 0 aromatic carbocycles. The standard InChI is InChI=1S/C7H15BN2/c9-10-5-1-2-7(6-10)3-4-8-7/h8H,1-6,9H2. The minimum absolute atomic E-state index is 0.674. The Bertz CT molecular complexity index is 134. The number of piperidine rings is 1. The Morgan fingerprint density at radius 1 is 1.40 bits per heavy atom. The van der Waals surface area contributed by atoms with Gasteiger partial charge in [0.15, 0.2) is 0 Å². The highest BCUT2D eigenvalue weighted by Gasteiger charge is 2.40. The van der Waals surface area contributed by atoms with E-state index in [9.17, 15) is 0 Å². The molecule has 0 amide bonds. The molecule has 1 atom stereocenters. The van der Waals surface area contributed by atoms with E-state index in [1.165, 1.54) is 32.9 Å². The van der Waals surface area contributed by atoms with Gasteiger partial charge in [0.25, 0.3) is 0 Å². The molecule has 3 heteroatoms. The van der Waals surface area contributed by atoms with Gasteiger partial charge in [-0.2, -0.15) is 0 Å². The molecule has 2 saturated heterocycles. The molecule has 0 bridgehead atoms. The second kappa shape index (κ2) is 2.24. The topological polar surface area (TPSA) is 29.3 Å². The highest BCUT2D eigenvalue weighted by Crippen LogP contribution is 2.48. The van der Waals surface area contributed by atoms with Crippen LogP contribution in [0.5, 0.6) is 0 Å². The van der Waals surface area contributed by atoms with Crippen LogP contribution < -0.4 is 5.84 Å². The Hall–Kier alpha value is -0.0151. The number of hydrogen-bond acceptors (Lipinski definition) is 2. The van der Waals surface area contributed by atoms with Gasteiger partial charge in [-0.05, 0) is 11.7 Å². The maximum atomic E-state index is 5.75. The summed E-state index contributed by atoms with van der Waals surface area (Å²) in [6.07, 6.45) is 5.62. The average Bonchev–Trinajstić information content (AvgIpc) is 1.85. The predicted molar refractivity (Wildman–Crippen MR) is 44.3 cm³/mol. The van der Waals surface area contributed by atoms with Gasteiger partial charge < -0.3 is 0 Å². The lowest BCUT2D eigenvalue weighted by Gasteiger charge is -2.47. The monoisotopic (exact) mass is 138 g/mol. The fourth-order valence-electron chi connectivity index (χ4n) is 2.33. The molecule has 2 N–H and O–H groups in total. The molecule has 1 spiro atoms. The zero-order valence-corrected chi connectivity index (χ0v) is 6.47.